The van der Waals surface area contributed by atoms with Crippen molar-refractivity contribution in [2.75, 3.05) is 7.05 Å². The zero-order chi connectivity index (χ0) is 9.26. The fourth-order valence-corrected chi connectivity index (χ4v) is 1.65. The van der Waals surface area contributed by atoms with Gasteiger partial charge in [-0.3, -0.25) is 5.01 Å². The van der Waals surface area contributed by atoms with Crippen molar-refractivity contribution < 1.29 is 0 Å². The standard InChI is InChI=1S/C11H14N2/c1-9-3-5-10(6-4-9)11-7-8-12-13(11)2/h3-6,8,11H,7H2,1-2H3. The summed E-state index contributed by atoms with van der Waals surface area (Å²) in [5, 5.41) is 6.24. The van der Waals surface area contributed by atoms with Crippen molar-refractivity contribution in [1.82, 2.24) is 5.01 Å². The highest BCUT2D eigenvalue weighted by atomic mass is 15.5. The average Bonchev–Trinajstić information content (AvgIpc) is 2.53. The maximum Gasteiger partial charge on any atom is 0.0766 e. The van der Waals surface area contributed by atoms with Gasteiger partial charge in [0.1, 0.15) is 0 Å². The number of benzene rings is 1. The van der Waals surface area contributed by atoms with Gasteiger partial charge in [-0.15, -0.1) is 0 Å². The summed E-state index contributed by atoms with van der Waals surface area (Å²) < 4.78 is 0. The summed E-state index contributed by atoms with van der Waals surface area (Å²) in [6, 6.07) is 9.12. The van der Waals surface area contributed by atoms with E-state index in [1.165, 1.54) is 11.1 Å². The number of rotatable bonds is 1. The first-order valence-corrected chi connectivity index (χ1v) is 4.59. The molecule has 1 aliphatic rings. The lowest BCUT2D eigenvalue weighted by molar-refractivity contribution is 0.290. The van der Waals surface area contributed by atoms with E-state index >= 15 is 0 Å². The molecule has 13 heavy (non-hydrogen) atoms. The second-order valence-corrected chi connectivity index (χ2v) is 3.53. The van der Waals surface area contributed by atoms with Crippen molar-refractivity contribution in [1.29, 1.82) is 0 Å². The summed E-state index contributed by atoms with van der Waals surface area (Å²) in [5.74, 6) is 0. The van der Waals surface area contributed by atoms with Gasteiger partial charge in [0.15, 0.2) is 0 Å². The van der Waals surface area contributed by atoms with Crippen LogP contribution in [0.25, 0.3) is 0 Å². The van der Waals surface area contributed by atoms with Crippen LogP contribution in [0, 0.1) is 6.92 Å². The van der Waals surface area contributed by atoms with Crippen LogP contribution >= 0.6 is 0 Å². The lowest BCUT2D eigenvalue weighted by Crippen LogP contribution is -2.13. The Labute approximate surface area is 78.9 Å². The molecule has 0 bridgehead atoms. The van der Waals surface area contributed by atoms with Crippen molar-refractivity contribution in [3.63, 3.8) is 0 Å². The van der Waals surface area contributed by atoms with E-state index in [1.807, 2.05) is 18.3 Å². The number of nitrogens with zero attached hydrogens (tertiary/aromatic N) is 2. The third-order valence-corrected chi connectivity index (χ3v) is 2.51. The van der Waals surface area contributed by atoms with E-state index in [9.17, 15) is 0 Å². The molecule has 1 atom stereocenters. The van der Waals surface area contributed by atoms with E-state index < -0.39 is 0 Å². The quantitative estimate of drug-likeness (QED) is 0.638. The molecule has 2 rings (SSSR count). The van der Waals surface area contributed by atoms with Crippen LogP contribution in [-0.4, -0.2) is 18.3 Å². The Hall–Kier alpha value is -1.31. The van der Waals surface area contributed by atoms with Gasteiger partial charge in [0, 0.05) is 19.7 Å². The monoisotopic (exact) mass is 174 g/mol. The molecule has 0 fully saturated rings. The molecule has 1 aromatic carbocycles. The maximum atomic E-state index is 4.22. The first-order valence-electron chi connectivity index (χ1n) is 4.59. The van der Waals surface area contributed by atoms with E-state index in [0.29, 0.717) is 6.04 Å². The highest BCUT2D eigenvalue weighted by Crippen LogP contribution is 2.26. The molecular weight excluding hydrogens is 160 g/mol. The molecule has 0 spiro atoms. The largest absolute Gasteiger partial charge is 0.293 e. The van der Waals surface area contributed by atoms with Crippen molar-refractivity contribution in [3.8, 4) is 0 Å². The predicted octanol–water partition coefficient (Wildman–Crippen LogP) is 2.36. The molecule has 0 aliphatic carbocycles. The highest BCUT2D eigenvalue weighted by Gasteiger charge is 2.18. The fraction of sp³-hybridized carbons (Fsp3) is 0.364. The Morgan fingerprint density at radius 1 is 1.31 bits per heavy atom. The molecular formula is C11H14N2. The van der Waals surface area contributed by atoms with Crippen LogP contribution in [-0.2, 0) is 0 Å². The summed E-state index contributed by atoms with van der Waals surface area (Å²) in [6.07, 6.45) is 3.00. The molecule has 0 aromatic heterocycles. The first kappa shape index (κ1) is 8.30. The first-order chi connectivity index (χ1) is 6.27. The summed E-state index contributed by atoms with van der Waals surface area (Å²) in [6.45, 7) is 2.11. The Kier molecular flexibility index (Phi) is 2.05. The van der Waals surface area contributed by atoms with Crippen molar-refractivity contribution in [3.05, 3.63) is 35.4 Å². The molecule has 1 aromatic rings. The van der Waals surface area contributed by atoms with E-state index in [4.69, 9.17) is 0 Å². The van der Waals surface area contributed by atoms with Gasteiger partial charge < -0.3 is 0 Å². The molecule has 1 heterocycles. The fourth-order valence-electron chi connectivity index (χ4n) is 1.65. The Morgan fingerprint density at radius 2 is 2.00 bits per heavy atom. The molecule has 0 saturated heterocycles. The van der Waals surface area contributed by atoms with Gasteiger partial charge in [0.25, 0.3) is 0 Å². The number of aryl methyl sites for hydroxylation is 1. The minimum Gasteiger partial charge on any atom is -0.293 e. The third-order valence-electron chi connectivity index (χ3n) is 2.51. The van der Waals surface area contributed by atoms with Gasteiger partial charge in [-0.05, 0) is 12.5 Å². The van der Waals surface area contributed by atoms with Crippen LogP contribution in [0.15, 0.2) is 29.4 Å². The normalized spacial score (nSPS) is 21.1. The van der Waals surface area contributed by atoms with Gasteiger partial charge >= 0.3 is 0 Å². The van der Waals surface area contributed by atoms with Crippen LogP contribution < -0.4 is 0 Å². The summed E-state index contributed by atoms with van der Waals surface area (Å²) in [7, 11) is 2.02. The van der Waals surface area contributed by atoms with Crippen molar-refractivity contribution in [2.24, 2.45) is 5.10 Å². The van der Waals surface area contributed by atoms with Crippen LogP contribution in [0.2, 0.25) is 0 Å². The number of hydrogen-bond acceptors (Lipinski definition) is 2. The second kappa shape index (κ2) is 3.21. The van der Waals surface area contributed by atoms with E-state index in [2.05, 4.69) is 36.3 Å². The zero-order valence-electron chi connectivity index (χ0n) is 8.07. The van der Waals surface area contributed by atoms with Gasteiger partial charge in [-0.1, -0.05) is 29.8 Å². The molecule has 0 radical (unpaired) electrons. The lowest BCUT2D eigenvalue weighted by atomic mass is 10.0. The van der Waals surface area contributed by atoms with Gasteiger partial charge in [0.2, 0.25) is 0 Å². The molecule has 0 saturated carbocycles. The minimum atomic E-state index is 0.445. The summed E-state index contributed by atoms with van der Waals surface area (Å²) >= 11 is 0. The van der Waals surface area contributed by atoms with Crippen LogP contribution in [0.1, 0.15) is 23.6 Å². The zero-order valence-corrected chi connectivity index (χ0v) is 8.07. The van der Waals surface area contributed by atoms with Gasteiger partial charge in [0.05, 0.1) is 6.04 Å². The predicted molar refractivity (Wildman–Crippen MR) is 54.8 cm³/mol. The molecule has 1 unspecified atom stereocenters. The van der Waals surface area contributed by atoms with E-state index in [0.717, 1.165) is 6.42 Å². The minimum absolute atomic E-state index is 0.445. The third kappa shape index (κ3) is 1.57. The smallest absolute Gasteiger partial charge is 0.0766 e. The van der Waals surface area contributed by atoms with Crippen LogP contribution in [0.4, 0.5) is 0 Å². The SMILES string of the molecule is Cc1ccc(C2CC=NN2C)cc1. The van der Waals surface area contributed by atoms with Crippen LogP contribution in [0.3, 0.4) is 0 Å². The lowest BCUT2D eigenvalue weighted by Gasteiger charge is -2.19. The topological polar surface area (TPSA) is 15.6 Å². The second-order valence-electron chi connectivity index (χ2n) is 3.53. The van der Waals surface area contributed by atoms with Gasteiger partial charge in [-0.2, -0.15) is 5.10 Å². The summed E-state index contributed by atoms with van der Waals surface area (Å²) in [4.78, 5) is 0. The highest BCUT2D eigenvalue weighted by molar-refractivity contribution is 5.60. The molecule has 2 heteroatoms. The van der Waals surface area contributed by atoms with Gasteiger partial charge in [-0.25, -0.2) is 0 Å². The molecule has 1 aliphatic heterocycles. The Morgan fingerprint density at radius 3 is 2.54 bits per heavy atom. The molecule has 0 amide bonds. The van der Waals surface area contributed by atoms with Crippen molar-refractivity contribution >= 4 is 6.21 Å². The van der Waals surface area contributed by atoms with Crippen molar-refractivity contribution in [2.45, 2.75) is 19.4 Å². The molecule has 68 valence electrons. The number of hydrogen-bond donors (Lipinski definition) is 0. The average molecular weight is 174 g/mol. The van der Waals surface area contributed by atoms with Crippen LogP contribution in [0.5, 0.6) is 0 Å². The van der Waals surface area contributed by atoms with E-state index in [1.54, 1.807) is 0 Å². The Bertz CT molecular complexity index is 313. The van der Waals surface area contributed by atoms with E-state index in [-0.39, 0.29) is 0 Å². The summed E-state index contributed by atoms with van der Waals surface area (Å²) in [5.41, 5.74) is 2.66. The molecule has 0 N–H and O–H groups in total. The maximum absolute atomic E-state index is 4.22. The molecule has 2 nitrogen and oxygen atoms in total. The number of hydrazone groups is 1. The Balaban J connectivity index is 2.21.